The predicted octanol–water partition coefficient (Wildman–Crippen LogP) is 4.42. The summed E-state index contributed by atoms with van der Waals surface area (Å²) >= 11 is 12.2. The Morgan fingerprint density at radius 2 is 2.06 bits per heavy atom. The van der Waals surface area contributed by atoms with E-state index in [1.165, 1.54) is 12.1 Å². The van der Waals surface area contributed by atoms with Crippen LogP contribution < -0.4 is 16.4 Å². The number of aliphatic hydroxyl groups is 1. The van der Waals surface area contributed by atoms with Gasteiger partial charge in [0.05, 0.1) is 23.5 Å². The van der Waals surface area contributed by atoms with Crippen molar-refractivity contribution in [2.24, 2.45) is 11.1 Å². The van der Waals surface area contributed by atoms with Gasteiger partial charge in [-0.25, -0.2) is 14.4 Å². The SMILES string of the molecule is C[C@@H](CO)Nc1ncc2nc(Nc3c(F)cc(Cl)cc3Cl)n([C@H]3CC[C@](C)(C(N)=O)CC3)c2n1. The second-order valence-electron chi connectivity index (χ2n) is 8.96. The number of nitrogens with two attached hydrogens (primary N) is 1. The van der Waals surface area contributed by atoms with Gasteiger partial charge in [0.1, 0.15) is 11.3 Å². The van der Waals surface area contributed by atoms with E-state index in [0.29, 0.717) is 48.7 Å². The highest BCUT2D eigenvalue weighted by molar-refractivity contribution is 6.36. The first-order valence-corrected chi connectivity index (χ1v) is 11.7. The van der Waals surface area contributed by atoms with Crippen molar-refractivity contribution in [1.29, 1.82) is 0 Å². The van der Waals surface area contributed by atoms with Crippen LogP contribution in [0.4, 0.5) is 22.0 Å². The zero-order chi connectivity index (χ0) is 24.6. The summed E-state index contributed by atoms with van der Waals surface area (Å²) < 4.78 is 16.6. The van der Waals surface area contributed by atoms with E-state index in [1.54, 1.807) is 13.1 Å². The maximum Gasteiger partial charge on any atom is 0.225 e. The highest BCUT2D eigenvalue weighted by atomic mass is 35.5. The van der Waals surface area contributed by atoms with E-state index in [0.717, 1.165) is 0 Å². The van der Waals surface area contributed by atoms with Crippen LogP contribution in [0.25, 0.3) is 11.2 Å². The summed E-state index contributed by atoms with van der Waals surface area (Å²) in [6.45, 7) is 3.59. The number of amides is 1. The van der Waals surface area contributed by atoms with Crippen molar-refractivity contribution in [2.75, 3.05) is 17.2 Å². The van der Waals surface area contributed by atoms with E-state index in [1.807, 2.05) is 11.5 Å². The first-order chi connectivity index (χ1) is 16.1. The van der Waals surface area contributed by atoms with Crippen LogP contribution in [0.1, 0.15) is 45.6 Å². The van der Waals surface area contributed by atoms with Crippen LogP contribution in [0.3, 0.4) is 0 Å². The summed E-state index contributed by atoms with van der Waals surface area (Å²) in [5.41, 5.74) is 6.12. The number of rotatable bonds is 7. The first-order valence-electron chi connectivity index (χ1n) is 10.9. The third-order valence-electron chi connectivity index (χ3n) is 6.34. The van der Waals surface area contributed by atoms with Gasteiger partial charge in [0.15, 0.2) is 5.65 Å². The highest BCUT2D eigenvalue weighted by Gasteiger charge is 2.37. The summed E-state index contributed by atoms with van der Waals surface area (Å²) in [5.74, 6) is -0.268. The molecule has 4 rings (SSSR count). The van der Waals surface area contributed by atoms with Gasteiger partial charge in [0.25, 0.3) is 0 Å². The molecular weight excluding hydrogens is 484 g/mol. The van der Waals surface area contributed by atoms with E-state index < -0.39 is 11.2 Å². The minimum absolute atomic E-state index is 0.0422. The lowest BCUT2D eigenvalue weighted by molar-refractivity contribution is -0.128. The number of halogens is 3. The van der Waals surface area contributed by atoms with E-state index in [4.69, 9.17) is 28.9 Å². The molecule has 0 radical (unpaired) electrons. The molecule has 182 valence electrons. The lowest BCUT2D eigenvalue weighted by Crippen LogP contribution is -2.38. The molecule has 1 fully saturated rings. The number of imidazole rings is 1. The van der Waals surface area contributed by atoms with Gasteiger partial charge in [-0.1, -0.05) is 30.1 Å². The van der Waals surface area contributed by atoms with Crippen LogP contribution in [0.2, 0.25) is 10.0 Å². The average Bonchev–Trinajstić information content (AvgIpc) is 3.14. The Balaban J connectivity index is 1.78. The fourth-order valence-corrected chi connectivity index (χ4v) is 4.69. The molecule has 5 N–H and O–H groups in total. The lowest BCUT2D eigenvalue weighted by Gasteiger charge is -2.35. The van der Waals surface area contributed by atoms with Gasteiger partial charge in [-0.2, -0.15) is 4.98 Å². The number of carbonyl (C=O) groups excluding carboxylic acids is 1. The first kappa shape index (κ1) is 24.4. The van der Waals surface area contributed by atoms with Gasteiger partial charge in [-0.15, -0.1) is 0 Å². The normalized spacial score (nSPS) is 21.4. The minimum atomic E-state index is -0.619. The smallest absolute Gasteiger partial charge is 0.225 e. The Labute approximate surface area is 205 Å². The van der Waals surface area contributed by atoms with Crippen LogP contribution in [0, 0.1) is 11.2 Å². The van der Waals surface area contributed by atoms with Crippen LogP contribution in [-0.4, -0.2) is 43.2 Å². The van der Waals surface area contributed by atoms with Gasteiger partial charge in [0, 0.05) is 22.5 Å². The Morgan fingerprint density at radius 1 is 1.35 bits per heavy atom. The Hall–Kier alpha value is -2.69. The van der Waals surface area contributed by atoms with Gasteiger partial charge in [-0.3, -0.25) is 9.36 Å². The zero-order valence-electron chi connectivity index (χ0n) is 18.8. The van der Waals surface area contributed by atoms with Gasteiger partial charge in [-0.05, 0) is 44.7 Å². The number of fused-ring (bicyclic) bond motifs is 1. The van der Waals surface area contributed by atoms with Gasteiger partial charge < -0.3 is 21.5 Å². The number of carbonyl (C=O) groups is 1. The van der Waals surface area contributed by atoms with Crippen molar-refractivity contribution in [3.05, 3.63) is 34.2 Å². The molecule has 0 aliphatic heterocycles. The number of aromatic nitrogens is 4. The Morgan fingerprint density at radius 3 is 2.68 bits per heavy atom. The summed E-state index contributed by atoms with van der Waals surface area (Å²) in [5, 5.41) is 15.7. The number of benzene rings is 1. The fourth-order valence-electron chi connectivity index (χ4n) is 4.18. The molecule has 1 saturated carbocycles. The number of nitrogens with zero attached hydrogens (tertiary/aromatic N) is 4. The number of anilines is 3. The predicted molar refractivity (Wildman–Crippen MR) is 130 cm³/mol. The number of hydrogen-bond donors (Lipinski definition) is 4. The van der Waals surface area contributed by atoms with Crippen molar-refractivity contribution in [2.45, 2.75) is 51.6 Å². The molecule has 0 unspecified atom stereocenters. The Kier molecular flexibility index (Phi) is 6.84. The molecule has 2 heterocycles. The monoisotopic (exact) mass is 509 g/mol. The van der Waals surface area contributed by atoms with E-state index in [2.05, 4.69) is 25.6 Å². The van der Waals surface area contributed by atoms with Crippen LogP contribution >= 0.6 is 23.2 Å². The summed E-state index contributed by atoms with van der Waals surface area (Å²) in [7, 11) is 0. The largest absolute Gasteiger partial charge is 0.394 e. The third kappa shape index (κ3) is 4.75. The topological polar surface area (TPSA) is 131 Å². The van der Waals surface area contributed by atoms with Crippen LogP contribution in [-0.2, 0) is 4.79 Å². The molecule has 1 aliphatic carbocycles. The molecule has 0 saturated heterocycles. The van der Waals surface area contributed by atoms with Crippen molar-refractivity contribution in [3.63, 3.8) is 0 Å². The second-order valence-corrected chi connectivity index (χ2v) is 9.80. The highest BCUT2D eigenvalue weighted by Crippen LogP contribution is 2.43. The van der Waals surface area contributed by atoms with Crippen LogP contribution in [0.15, 0.2) is 18.3 Å². The molecule has 1 amide bonds. The van der Waals surface area contributed by atoms with Crippen molar-refractivity contribution < 1.29 is 14.3 Å². The lowest BCUT2D eigenvalue weighted by atomic mass is 9.73. The molecule has 12 heteroatoms. The average molecular weight is 510 g/mol. The minimum Gasteiger partial charge on any atom is -0.394 e. The summed E-state index contributed by atoms with van der Waals surface area (Å²) in [4.78, 5) is 25.4. The van der Waals surface area contributed by atoms with Crippen molar-refractivity contribution >= 4 is 57.9 Å². The summed E-state index contributed by atoms with van der Waals surface area (Å²) in [6, 6.07) is 2.28. The number of aliphatic hydroxyl groups excluding tert-OH is 1. The number of primary amides is 1. The number of nitrogens with one attached hydrogen (secondary N) is 2. The molecule has 1 atom stereocenters. The van der Waals surface area contributed by atoms with Crippen LogP contribution in [0.5, 0.6) is 0 Å². The molecule has 3 aromatic rings. The zero-order valence-corrected chi connectivity index (χ0v) is 20.3. The molecule has 1 aromatic carbocycles. The molecular formula is C22H26Cl2FN7O2. The molecule has 34 heavy (non-hydrogen) atoms. The second kappa shape index (κ2) is 9.52. The summed E-state index contributed by atoms with van der Waals surface area (Å²) in [6.07, 6.45) is 4.05. The molecule has 0 bridgehead atoms. The van der Waals surface area contributed by atoms with Gasteiger partial charge >= 0.3 is 0 Å². The molecule has 0 spiro atoms. The number of hydrogen-bond acceptors (Lipinski definition) is 7. The fraction of sp³-hybridized carbons (Fsp3) is 0.455. The quantitative estimate of drug-likeness (QED) is 0.370. The van der Waals surface area contributed by atoms with Crippen molar-refractivity contribution in [3.8, 4) is 0 Å². The standard InChI is InChI=1S/C22H26Cl2FN7O2/c1-11(10-33)28-20-27-9-16-18(31-20)32(13-3-5-22(2,6-4-13)19(26)34)21(29-16)30-17-14(24)7-12(23)8-15(17)25/h7-9,11,13,33H,3-6,10H2,1-2H3,(H2,26,34)(H,29,30)(H,27,28,31)/t11-,13-,22-/m0/s1. The van der Waals surface area contributed by atoms with E-state index in [9.17, 15) is 14.3 Å². The molecule has 1 aliphatic rings. The maximum atomic E-state index is 14.7. The van der Waals surface area contributed by atoms with Crippen molar-refractivity contribution in [1.82, 2.24) is 19.5 Å². The van der Waals surface area contributed by atoms with E-state index in [-0.39, 0.29) is 40.3 Å². The third-order valence-corrected chi connectivity index (χ3v) is 6.86. The molecule has 2 aromatic heterocycles. The maximum absolute atomic E-state index is 14.7. The Bertz CT molecular complexity index is 1200. The van der Waals surface area contributed by atoms with E-state index >= 15 is 0 Å². The van der Waals surface area contributed by atoms with Gasteiger partial charge in [0.2, 0.25) is 17.8 Å². The molecule has 9 nitrogen and oxygen atoms in total.